The summed E-state index contributed by atoms with van der Waals surface area (Å²) in [6.45, 7) is 6.60. The Kier molecular flexibility index (Phi) is 5.39. The molecule has 0 heterocycles. The van der Waals surface area contributed by atoms with Crippen LogP contribution in [0.2, 0.25) is 0 Å². The van der Waals surface area contributed by atoms with Gasteiger partial charge in [-0.25, -0.2) is 0 Å². The zero-order valence-electron chi connectivity index (χ0n) is 10.0. The van der Waals surface area contributed by atoms with E-state index in [0.717, 1.165) is 4.90 Å². The molecule has 1 rings (SSSR count). The van der Waals surface area contributed by atoms with E-state index < -0.39 is 0 Å². The summed E-state index contributed by atoms with van der Waals surface area (Å²) in [7, 11) is 0. The van der Waals surface area contributed by atoms with Gasteiger partial charge in [0.05, 0.1) is 12.4 Å². The zero-order valence-corrected chi connectivity index (χ0v) is 10.8. The summed E-state index contributed by atoms with van der Waals surface area (Å²) in [5, 5.41) is 0. The minimum Gasteiger partial charge on any atom is -0.465 e. The number of hydrogen-bond donors (Lipinski definition) is 0. The first-order valence-electron chi connectivity index (χ1n) is 5.52. The van der Waals surface area contributed by atoms with E-state index in [2.05, 4.69) is 38.1 Å². The lowest BCUT2D eigenvalue weighted by molar-refractivity contribution is -0.139. The van der Waals surface area contributed by atoms with Gasteiger partial charge in [-0.05, 0) is 30.5 Å². The van der Waals surface area contributed by atoms with Gasteiger partial charge in [-0.15, -0.1) is 11.8 Å². The fourth-order valence-electron chi connectivity index (χ4n) is 1.29. The highest BCUT2D eigenvalue weighted by atomic mass is 32.2. The Morgan fingerprint density at radius 3 is 2.44 bits per heavy atom. The Hall–Kier alpha value is -0.960. The summed E-state index contributed by atoms with van der Waals surface area (Å²) in [6.07, 6.45) is 0. The van der Waals surface area contributed by atoms with E-state index in [-0.39, 0.29) is 5.97 Å². The molecule has 0 radical (unpaired) electrons. The van der Waals surface area contributed by atoms with Crippen molar-refractivity contribution in [1.29, 1.82) is 0 Å². The number of carbonyl (C=O) groups is 1. The van der Waals surface area contributed by atoms with Crippen molar-refractivity contribution < 1.29 is 9.53 Å². The molecule has 0 saturated carbocycles. The maximum Gasteiger partial charge on any atom is 0.316 e. The highest BCUT2D eigenvalue weighted by Crippen LogP contribution is 2.21. The molecule has 16 heavy (non-hydrogen) atoms. The monoisotopic (exact) mass is 238 g/mol. The molecule has 0 atom stereocenters. The van der Waals surface area contributed by atoms with Crippen LogP contribution >= 0.6 is 11.8 Å². The van der Waals surface area contributed by atoms with Crippen molar-refractivity contribution in [2.24, 2.45) is 0 Å². The van der Waals surface area contributed by atoms with E-state index in [1.165, 1.54) is 17.3 Å². The van der Waals surface area contributed by atoms with Crippen molar-refractivity contribution in [3.63, 3.8) is 0 Å². The lowest BCUT2D eigenvalue weighted by Crippen LogP contribution is -2.06. The molecular weight excluding hydrogens is 220 g/mol. The Bertz CT molecular complexity index is 330. The number of carbonyl (C=O) groups excluding carboxylic acids is 1. The van der Waals surface area contributed by atoms with E-state index in [1.807, 2.05) is 6.92 Å². The van der Waals surface area contributed by atoms with Crippen LogP contribution in [0, 0.1) is 0 Å². The van der Waals surface area contributed by atoms with E-state index in [4.69, 9.17) is 4.74 Å². The van der Waals surface area contributed by atoms with Gasteiger partial charge in [0.2, 0.25) is 0 Å². The molecule has 0 N–H and O–H groups in total. The van der Waals surface area contributed by atoms with Crippen LogP contribution in [0.4, 0.5) is 0 Å². The number of ether oxygens (including phenoxy) is 1. The van der Waals surface area contributed by atoms with E-state index >= 15 is 0 Å². The predicted molar refractivity (Wildman–Crippen MR) is 67.9 cm³/mol. The van der Waals surface area contributed by atoms with E-state index in [0.29, 0.717) is 18.3 Å². The number of thioether (sulfide) groups is 1. The van der Waals surface area contributed by atoms with Crippen LogP contribution in [0.5, 0.6) is 0 Å². The van der Waals surface area contributed by atoms with Gasteiger partial charge in [0, 0.05) is 4.90 Å². The fraction of sp³-hybridized carbons (Fsp3) is 0.462. The largest absolute Gasteiger partial charge is 0.465 e. The van der Waals surface area contributed by atoms with Gasteiger partial charge in [-0.2, -0.15) is 0 Å². The third kappa shape index (κ3) is 4.27. The molecule has 0 fully saturated rings. The highest BCUT2D eigenvalue weighted by molar-refractivity contribution is 8.00. The minimum absolute atomic E-state index is 0.152. The van der Waals surface area contributed by atoms with Crippen molar-refractivity contribution in [2.45, 2.75) is 31.6 Å². The van der Waals surface area contributed by atoms with Crippen LogP contribution in [0.15, 0.2) is 29.2 Å². The Morgan fingerprint density at radius 1 is 1.31 bits per heavy atom. The molecule has 0 aliphatic heterocycles. The van der Waals surface area contributed by atoms with Crippen molar-refractivity contribution in [3.8, 4) is 0 Å². The summed E-state index contributed by atoms with van der Waals surface area (Å²) in [5.41, 5.74) is 1.32. The van der Waals surface area contributed by atoms with Crippen LogP contribution in [0.1, 0.15) is 32.3 Å². The first-order chi connectivity index (χ1) is 7.63. The van der Waals surface area contributed by atoms with Gasteiger partial charge in [-0.1, -0.05) is 26.0 Å². The molecule has 0 bridgehead atoms. The highest BCUT2D eigenvalue weighted by Gasteiger charge is 2.03. The second kappa shape index (κ2) is 6.59. The zero-order chi connectivity index (χ0) is 12.0. The second-order valence-corrected chi connectivity index (χ2v) is 4.87. The van der Waals surface area contributed by atoms with Crippen molar-refractivity contribution in [3.05, 3.63) is 29.8 Å². The summed E-state index contributed by atoms with van der Waals surface area (Å²) in [4.78, 5) is 12.3. The van der Waals surface area contributed by atoms with Crippen LogP contribution in [-0.4, -0.2) is 18.3 Å². The van der Waals surface area contributed by atoms with Crippen molar-refractivity contribution in [1.82, 2.24) is 0 Å². The molecule has 1 aromatic carbocycles. The Balaban J connectivity index is 2.46. The summed E-state index contributed by atoms with van der Waals surface area (Å²) >= 11 is 1.51. The quantitative estimate of drug-likeness (QED) is 0.580. The molecule has 0 aliphatic rings. The summed E-state index contributed by atoms with van der Waals surface area (Å²) < 4.78 is 4.87. The number of benzene rings is 1. The lowest BCUT2D eigenvalue weighted by atomic mass is 10.0. The van der Waals surface area contributed by atoms with Gasteiger partial charge >= 0.3 is 5.97 Å². The second-order valence-electron chi connectivity index (χ2n) is 3.82. The first-order valence-corrected chi connectivity index (χ1v) is 6.50. The maximum absolute atomic E-state index is 11.1. The van der Waals surface area contributed by atoms with Gasteiger partial charge in [0.1, 0.15) is 0 Å². The molecule has 1 aromatic rings. The number of esters is 1. The van der Waals surface area contributed by atoms with E-state index in [1.54, 1.807) is 0 Å². The maximum atomic E-state index is 11.1. The average Bonchev–Trinajstić information content (AvgIpc) is 2.27. The Labute approximate surface area is 101 Å². The molecule has 0 amide bonds. The minimum atomic E-state index is -0.152. The van der Waals surface area contributed by atoms with Crippen LogP contribution in [0.3, 0.4) is 0 Å². The van der Waals surface area contributed by atoms with Crippen LogP contribution < -0.4 is 0 Å². The number of rotatable bonds is 5. The molecule has 0 spiro atoms. The average molecular weight is 238 g/mol. The molecule has 88 valence electrons. The van der Waals surface area contributed by atoms with Crippen molar-refractivity contribution >= 4 is 17.7 Å². The predicted octanol–water partition coefficient (Wildman–Crippen LogP) is 3.47. The standard InChI is InChI=1S/C13H18O2S/c1-4-15-13(14)9-16-12-7-5-11(6-8-12)10(2)3/h5-8,10H,4,9H2,1-3H3. The molecule has 0 saturated heterocycles. The topological polar surface area (TPSA) is 26.3 Å². The number of hydrogen-bond acceptors (Lipinski definition) is 3. The lowest BCUT2D eigenvalue weighted by Gasteiger charge is -2.06. The molecule has 0 aliphatic carbocycles. The van der Waals surface area contributed by atoms with E-state index in [9.17, 15) is 4.79 Å². The third-order valence-electron chi connectivity index (χ3n) is 2.21. The smallest absolute Gasteiger partial charge is 0.316 e. The normalized spacial score (nSPS) is 10.5. The molecule has 2 nitrogen and oxygen atoms in total. The molecular formula is C13H18O2S. The van der Waals surface area contributed by atoms with Gasteiger partial charge < -0.3 is 4.74 Å². The first kappa shape index (κ1) is 13.1. The van der Waals surface area contributed by atoms with Crippen LogP contribution in [0.25, 0.3) is 0 Å². The van der Waals surface area contributed by atoms with Gasteiger partial charge in [0.25, 0.3) is 0 Å². The molecule has 0 aromatic heterocycles. The third-order valence-corrected chi connectivity index (χ3v) is 3.19. The van der Waals surface area contributed by atoms with Gasteiger partial charge in [-0.3, -0.25) is 4.79 Å². The van der Waals surface area contributed by atoms with Crippen LogP contribution in [-0.2, 0) is 9.53 Å². The van der Waals surface area contributed by atoms with Gasteiger partial charge in [0.15, 0.2) is 0 Å². The Morgan fingerprint density at radius 2 is 1.94 bits per heavy atom. The summed E-state index contributed by atoms with van der Waals surface area (Å²) in [6, 6.07) is 8.33. The van der Waals surface area contributed by atoms with Crippen molar-refractivity contribution in [2.75, 3.05) is 12.4 Å². The molecule has 0 unspecified atom stereocenters. The summed E-state index contributed by atoms with van der Waals surface area (Å²) in [5.74, 6) is 0.777. The SMILES string of the molecule is CCOC(=O)CSc1ccc(C(C)C)cc1. The fourth-order valence-corrected chi connectivity index (χ4v) is 1.99. The molecule has 3 heteroatoms.